The fourth-order valence-corrected chi connectivity index (χ4v) is 8.22. The van der Waals surface area contributed by atoms with Gasteiger partial charge in [-0.2, -0.15) is 0 Å². The molecule has 0 aromatic heterocycles. The Bertz CT molecular complexity index is 903. The molecule has 0 spiro atoms. The van der Waals surface area contributed by atoms with Gasteiger partial charge < -0.3 is 14.2 Å². The molecule has 6 heteroatoms. The highest BCUT2D eigenvalue weighted by Crippen LogP contribution is 2.17. The van der Waals surface area contributed by atoms with E-state index in [9.17, 15) is 14.4 Å². The normalized spacial score (nSPS) is 11.9. The van der Waals surface area contributed by atoms with E-state index in [1.165, 1.54) is 199 Å². The van der Waals surface area contributed by atoms with Crippen LogP contribution < -0.4 is 0 Å². The van der Waals surface area contributed by atoms with Gasteiger partial charge in [-0.05, 0) is 25.2 Å². The first-order valence-corrected chi connectivity index (χ1v) is 26.9. The van der Waals surface area contributed by atoms with Crippen LogP contribution in [0.3, 0.4) is 0 Å². The van der Waals surface area contributed by atoms with Gasteiger partial charge in [0.05, 0.1) is 0 Å². The second-order valence-electron chi connectivity index (χ2n) is 19.0. The van der Waals surface area contributed by atoms with Crippen molar-refractivity contribution in [2.75, 3.05) is 13.2 Å². The zero-order valence-corrected chi connectivity index (χ0v) is 40.9. The van der Waals surface area contributed by atoms with Gasteiger partial charge in [0.2, 0.25) is 0 Å². The van der Waals surface area contributed by atoms with Crippen LogP contribution in [0.1, 0.15) is 304 Å². The predicted octanol–water partition coefficient (Wildman–Crippen LogP) is 17.5. The van der Waals surface area contributed by atoms with Gasteiger partial charge in [-0.15, -0.1) is 0 Å². The molecule has 0 amide bonds. The van der Waals surface area contributed by atoms with Crippen LogP contribution in [0.2, 0.25) is 0 Å². The number of rotatable bonds is 49. The lowest BCUT2D eigenvalue weighted by molar-refractivity contribution is -0.167. The molecule has 0 unspecified atom stereocenters. The second kappa shape index (κ2) is 48.4. The first-order valence-electron chi connectivity index (χ1n) is 26.9. The van der Waals surface area contributed by atoms with E-state index in [0.29, 0.717) is 19.3 Å². The Morgan fingerprint density at radius 1 is 0.317 bits per heavy atom. The van der Waals surface area contributed by atoms with Crippen molar-refractivity contribution in [2.45, 2.75) is 310 Å². The minimum atomic E-state index is -0.759. The van der Waals surface area contributed by atoms with Crippen LogP contribution in [0, 0.1) is 5.92 Å². The van der Waals surface area contributed by atoms with Crippen molar-refractivity contribution >= 4 is 17.9 Å². The Kier molecular flexibility index (Phi) is 47.2. The molecule has 0 rings (SSSR count). The summed E-state index contributed by atoms with van der Waals surface area (Å²) < 4.78 is 16.8. The van der Waals surface area contributed by atoms with Crippen LogP contribution in [-0.2, 0) is 28.6 Å². The fourth-order valence-electron chi connectivity index (χ4n) is 8.22. The molecule has 0 aliphatic carbocycles. The molecule has 0 aromatic carbocycles. The van der Waals surface area contributed by atoms with Gasteiger partial charge in [-0.3, -0.25) is 14.4 Å². The Labute approximate surface area is 374 Å². The van der Waals surface area contributed by atoms with Crippen LogP contribution in [0.25, 0.3) is 0 Å². The molecule has 0 saturated carbocycles. The molecule has 0 fully saturated rings. The average Bonchev–Trinajstić information content (AvgIpc) is 3.23. The molecule has 0 N–H and O–H groups in total. The molecular weight excluding hydrogens is 745 g/mol. The highest BCUT2D eigenvalue weighted by molar-refractivity contribution is 5.71. The van der Waals surface area contributed by atoms with E-state index in [-0.39, 0.29) is 31.1 Å². The van der Waals surface area contributed by atoms with Crippen molar-refractivity contribution in [3.63, 3.8) is 0 Å². The largest absolute Gasteiger partial charge is 0.462 e. The lowest BCUT2D eigenvalue weighted by Crippen LogP contribution is -2.30. The number of carbonyl (C=O) groups is 3. The van der Waals surface area contributed by atoms with E-state index in [1.807, 2.05) is 0 Å². The number of hydrogen-bond donors (Lipinski definition) is 0. The molecule has 0 heterocycles. The summed E-state index contributed by atoms with van der Waals surface area (Å²) in [6.45, 7) is 9.02. The Balaban J connectivity index is 4.12. The van der Waals surface area contributed by atoms with E-state index >= 15 is 0 Å². The quantitative estimate of drug-likeness (QED) is 0.0345. The highest BCUT2D eigenvalue weighted by Gasteiger charge is 2.19. The lowest BCUT2D eigenvalue weighted by atomic mass is 10.0. The van der Waals surface area contributed by atoms with Crippen molar-refractivity contribution in [3.8, 4) is 0 Å². The van der Waals surface area contributed by atoms with Gasteiger partial charge in [0.15, 0.2) is 6.10 Å². The lowest BCUT2D eigenvalue weighted by Gasteiger charge is -2.18. The van der Waals surface area contributed by atoms with E-state index in [0.717, 1.165) is 63.7 Å². The molecule has 6 nitrogen and oxygen atoms in total. The summed E-state index contributed by atoms with van der Waals surface area (Å²) in [6, 6.07) is 0. The van der Waals surface area contributed by atoms with Gasteiger partial charge in [0, 0.05) is 19.3 Å². The summed E-state index contributed by atoms with van der Waals surface area (Å²) in [5.41, 5.74) is 0. The standard InChI is InChI=1S/C54H104O6/c1-5-7-9-11-13-14-15-16-24-28-31-35-39-43-47-54(57)60-51(48-58-52(55)45-41-37-32-12-10-8-6-2)49-59-53(56)46-42-38-34-30-27-25-22-20-18-17-19-21-23-26-29-33-36-40-44-50(3)4/h50-51H,5-49H2,1-4H3/t51-/m0/s1. The van der Waals surface area contributed by atoms with Crippen molar-refractivity contribution in [3.05, 3.63) is 0 Å². The molecule has 356 valence electrons. The van der Waals surface area contributed by atoms with Crippen LogP contribution in [0.15, 0.2) is 0 Å². The topological polar surface area (TPSA) is 78.9 Å². The summed E-state index contributed by atoms with van der Waals surface area (Å²) in [6.07, 6.45) is 51.1. The third-order valence-corrected chi connectivity index (χ3v) is 12.3. The fraction of sp³-hybridized carbons (Fsp3) is 0.944. The number of ether oxygens (including phenoxy) is 3. The van der Waals surface area contributed by atoms with Gasteiger partial charge in [-0.25, -0.2) is 0 Å². The SMILES string of the molecule is CCCCCCCCCCCCCCCCC(=O)O[C@@H](COC(=O)CCCCCCCCC)COC(=O)CCCCCCCCCCCCCCCCCCCCC(C)C. The third kappa shape index (κ3) is 47.5. The molecule has 0 bridgehead atoms. The zero-order chi connectivity index (χ0) is 43.8. The van der Waals surface area contributed by atoms with E-state index < -0.39 is 6.10 Å². The van der Waals surface area contributed by atoms with Gasteiger partial charge in [0.1, 0.15) is 13.2 Å². The monoisotopic (exact) mass is 849 g/mol. The maximum Gasteiger partial charge on any atom is 0.306 e. The second-order valence-corrected chi connectivity index (χ2v) is 19.0. The van der Waals surface area contributed by atoms with Gasteiger partial charge >= 0.3 is 17.9 Å². The number of esters is 3. The summed E-state index contributed by atoms with van der Waals surface area (Å²) in [4.78, 5) is 37.8. The molecular formula is C54H104O6. The van der Waals surface area contributed by atoms with Crippen LogP contribution in [0.4, 0.5) is 0 Å². The van der Waals surface area contributed by atoms with E-state index in [2.05, 4.69) is 27.7 Å². The number of carbonyl (C=O) groups excluding carboxylic acids is 3. The summed E-state index contributed by atoms with van der Waals surface area (Å²) in [7, 11) is 0. The van der Waals surface area contributed by atoms with Crippen molar-refractivity contribution in [2.24, 2.45) is 5.92 Å². The predicted molar refractivity (Wildman–Crippen MR) is 257 cm³/mol. The maximum atomic E-state index is 12.8. The molecule has 1 atom stereocenters. The van der Waals surface area contributed by atoms with Crippen molar-refractivity contribution < 1.29 is 28.6 Å². The Morgan fingerprint density at radius 2 is 0.550 bits per heavy atom. The van der Waals surface area contributed by atoms with Crippen LogP contribution >= 0.6 is 0 Å². The molecule has 0 aromatic rings. The minimum absolute atomic E-state index is 0.0628. The van der Waals surface area contributed by atoms with Crippen molar-refractivity contribution in [1.29, 1.82) is 0 Å². The van der Waals surface area contributed by atoms with Crippen LogP contribution in [-0.4, -0.2) is 37.2 Å². The molecule has 60 heavy (non-hydrogen) atoms. The molecule has 0 radical (unpaired) electrons. The van der Waals surface area contributed by atoms with Crippen LogP contribution in [0.5, 0.6) is 0 Å². The average molecular weight is 849 g/mol. The summed E-state index contributed by atoms with van der Waals surface area (Å²) in [5, 5.41) is 0. The summed E-state index contributed by atoms with van der Waals surface area (Å²) >= 11 is 0. The number of hydrogen-bond acceptors (Lipinski definition) is 6. The van der Waals surface area contributed by atoms with Gasteiger partial charge in [-0.1, -0.05) is 265 Å². The highest BCUT2D eigenvalue weighted by atomic mass is 16.6. The molecule has 0 saturated heterocycles. The third-order valence-electron chi connectivity index (χ3n) is 12.3. The Hall–Kier alpha value is -1.59. The Morgan fingerprint density at radius 3 is 0.817 bits per heavy atom. The molecule has 0 aliphatic rings. The summed E-state index contributed by atoms with van der Waals surface area (Å²) in [5.74, 6) is 0.0104. The first kappa shape index (κ1) is 58.4. The van der Waals surface area contributed by atoms with Crippen molar-refractivity contribution in [1.82, 2.24) is 0 Å². The maximum absolute atomic E-state index is 12.8. The van der Waals surface area contributed by atoms with E-state index in [1.54, 1.807) is 0 Å². The first-order chi connectivity index (χ1) is 29.4. The smallest absolute Gasteiger partial charge is 0.306 e. The molecule has 0 aliphatic heterocycles. The zero-order valence-electron chi connectivity index (χ0n) is 40.9. The van der Waals surface area contributed by atoms with Gasteiger partial charge in [0.25, 0.3) is 0 Å². The minimum Gasteiger partial charge on any atom is -0.462 e. The van der Waals surface area contributed by atoms with E-state index in [4.69, 9.17) is 14.2 Å². The number of unbranched alkanes of at least 4 members (excludes halogenated alkanes) is 36.